The van der Waals surface area contributed by atoms with E-state index in [1.165, 1.54) is 0 Å². The number of methoxy groups -OCH3 is 1. The highest BCUT2D eigenvalue weighted by Crippen LogP contribution is 2.26. The van der Waals surface area contributed by atoms with Crippen LogP contribution in [-0.2, 0) is 4.79 Å². The highest BCUT2D eigenvalue weighted by Gasteiger charge is 2.16. The fourth-order valence-electron chi connectivity index (χ4n) is 2.40. The molecule has 0 aliphatic carbocycles. The van der Waals surface area contributed by atoms with E-state index >= 15 is 0 Å². The van der Waals surface area contributed by atoms with Crippen LogP contribution < -0.4 is 14.8 Å². The number of anilines is 1. The lowest BCUT2D eigenvalue weighted by Gasteiger charge is -2.10. The summed E-state index contributed by atoms with van der Waals surface area (Å²) < 4.78 is 15.5. The molecule has 0 fully saturated rings. The van der Waals surface area contributed by atoms with Gasteiger partial charge in [0.15, 0.2) is 12.3 Å². The van der Waals surface area contributed by atoms with Gasteiger partial charge in [0.05, 0.1) is 7.11 Å². The van der Waals surface area contributed by atoms with E-state index in [1.807, 2.05) is 32.0 Å². The Morgan fingerprint density at radius 3 is 2.62 bits per heavy atom. The number of hydrogen-bond donors (Lipinski definition) is 1. The molecule has 0 saturated carbocycles. The molecule has 0 aliphatic heterocycles. The minimum atomic E-state index is -0.351. The number of benzene rings is 2. The average Bonchev–Trinajstić information content (AvgIpc) is 3.11. The van der Waals surface area contributed by atoms with E-state index in [0.717, 1.165) is 22.4 Å². The lowest BCUT2D eigenvalue weighted by atomic mass is 10.1. The van der Waals surface area contributed by atoms with E-state index in [-0.39, 0.29) is 18.3 Å². The summed E-state index contributed by atoms with van der Waals surface area (Å²) in [7, 11) is 1.59. The highest BCUT2D eigenvalue weighted by atomic mass is 16.6. The molecule has 2 aromatic carbocycles. The molecule has 0 unspecified atom stereocenters. The molecule has 7 nitrogen and oxygen atoms in total. The molecule has 1 heterocycles. The van der Waals surface area contributed by atoms with Crippen LogP contribution >= 0.6 is 0 Å². The van der Waals surface area contributed by atoms with E-state index < -0.39 is 0 Å². The first-order valence-corrected chi connectivity index (χ1v) is 8.04. The zero-order valence-electron chi connectivity index (χ0n) is 14.8. The third-order valence-electron chi connectivity index (χ3n) is 4.02. The van der Waals surface area contributed by atoms with Crippen LogP contribution in [0.1, 0.15) is 11.1 Å². The second kappa shape index (κ2) is 7.69. The normalized spacial score (nSPS) is 10.4. The molecule has 3 rings (SSSR count). The van der Waals surface area contributed by atoms with Gasteiger partial charge in [-0.3, -0.25) is 4.79 Å². The number of amides is 1. The van der Waals surface area contributed by atoms with E-state index in [1.54, 1.807) is 31.4 Å². The lowest BCUT2D eigenvalue weighted by Crippen LogP contribution is -2.21. The van der Waals surface area contributed by atoms with Gasteiger partial charge in [0, 0.05) is 5.56 Å². The Morgan fingerprint density at radius 1 is 1.12 bits per heavy atom. The maximum absolute atomic E-state index is 12.2. The predicted molar refractivity (Wildman–Crippen MR) is 96.3 cm³/mol. The van der Waals surface area contributed by atoms with Gasteiger partial charge in [-0.2, -0.15) is 0 Å². The van der Waals surface area contributed by atoms with Gasteiger partial charge in [0.25, 0.3) is 5.91 Å². The summed E-state index contributed by atoms with van der Waals surface area (Å²) in [5.74, 6) is 1.28. The summed E-state index contributed by atoms with van der Waals surface area (Å²) in [5.41, 5.74) is 3.29. The van der Waals surface area contributed by atoms with Crippen LogP contribution in [0.3, 0.4) is 0 Å². The van der Waals surface area contributed by atoms with Crippen LogP contribution in [0.15, 0.2) is 47.1 Å². The molecule has 0 saturated heterocycles. The third-order valence-corrected chi connectivity index (χ3v) is 4.02. The van der Waals surface area contributed by atoms with Crippen molar-refractivity contribution in [1.82, 2.24) is 10.3 Å². The standard InChI is InChI=1S/C19H19N3O4/c1-12-5-4-6-16(13(12)2)25-11-17(23)20-19-18(21-26-22-19)14-7-9-15(24-3)10-8-14/h4-10H,11H2,1-3H3,(H,20,22,23). The molecule has 1 N–H and O–H groups in total. The van der Waals surface area contributed by atoms with Gasteiger partial charge in [-0.15, -0.1) is 0 Å². The molecule has 0 atom stereocenters. The molecule has 0 aliphatic rings. The minimum Gasteiger partial charge on any atom is -0.497 e. The summed E-state index contributed by atoms with van der Waals surface area (Å²) in [5, 5.41) is 10.3. The van der Waals surface area contributed by atoms with E-state index in [4.69, 9.17) is 14.1 Å². The Labute approximate surface area is 150 Å². The fraction of sp³-hybridized carbons (Fsp3) is 0.211. The number of aryl methyl sites for hydroxylation is 1. The summed E-state index contributed by atoms with van der Waals surface area (Å²) in [6.45, 7) is 3.80. The average molecular weight is 353 g/mol. The summed E-state index contributed by atoms with van der Waals surface area (Å²) in [6.07, 6.45) is 0. The van der Waals surface area contributed by atoms with Gasteiger partial charge in [-0.1, -0.05) is 12.1 Å². The summed E-state index contributed by atoms with van der Waals surface area (Å²) >= 11 is 0. The molecular weight excluding hydrogens is 334 g/mol. The number of hydrogen-bond acceptors (Lipinski definition) is 6. The Hall–Kier alpha value is -3.35. The molecular formula is C19H19N3O4. The van der Waals surface area contributed by atoms with E-state index in [0.29, 0.717) is 11.4 Å². The van der Waals surface area contributed by atoms with Crippen LogP contribution in [0.4, 0.5) is 5.82 Å². The van der Waals surface area contributed by atoms with Crippen molar-refractivity contribution in [3.63, 3.8) is 0 Å². The van der Waals surface area contributed by atoms with Gasteiger partial charge in [0.2, 0.25) is 5.82 Å². The van der Waals surface area contributed by atoms with Crippen molar-refractivity contribution in [2.75, 3.05) is 19.0 Å². The number of ether oxygens (including phenoxy) is 2. The third kappa shape index (κ3) is 3.83. The summed E-state index contributed by atoms with van der Waals surface area (Å²) in [4.78, 5) is 12.2. The van der Waals surface area contributed by atoms with Crippen molar-refractivity contribution in [1.29, 1.82) is 0 Å². The number of carbonyl (C=O) groups excluding carboxylic acids is 1. The molecule has 1 amide bonds. The van der Waals surface area contributed by atoms with Crippen LogP contribution in [0.5, 0.6) is 11.5 Å². The second-order valence-corrected chi connectivity index (χ2v) is 5.72. The van der Waals surface area contributed by atoms with Crippen molar-refractivity contribution in [3.8, 4) is 22.8 Å². The van der Waals surface area contributed by atoms with E-state index in [9.17, 15) is 4.79 Å². The fourth-order valence-corrected chi connectivity index (χ4v) is 2.40. The number of nitrogens with one attached hydrogen (secondary N) is 1. The largest absolute Gasteiger partial charge is 0.497 e. The monoisotopic (exact) mass is 353 g/mol. The highest BCUT2D eigenvalue weighted by molar-refractivity contribution is 5.94. The number of rotatable bonds is 6. The summed E-state index contributed by atoms with van der Waals surface area (Å²) in [6, 6.07) is 12.9. The molecule has 7 heteroatoms. The Balaban J connectivity index is 1.66. The number of carbonyl (C=O) groups is 1. The van der Waals surface area contributed by atoms with Crippen molar-refractivity contribution in [2.45, 2.75) is 13.8 Å². The van der Waals surface area contributed by atoms with Crippen LogP contribution in [-0.4, -0.2) is 29.9 Å². The maximum Gasteiger partial charge on any atom is 0.263 e. The molecule has 3 aromatic rings. The zero-order chi connectivity index (χ0) is 18.5. The first-order chi connectivity index (χ1) is 12.6. The Bertz CT molecular complexity index is 903. The first kappa shape index (κ1) is 17.5. The molecule has 0 spiro atoms. The number of nitrogens with zero attached hydrogens (tertiary/aromatic N) is 2. The predicted octanol–water partition coefficient (Wildman–Crippen LogP) is 3.38. The van der Waals surface area contributed by atoms with Gasteiger partial charge in [-0.05, 0) is 65.6 Å². The van der Waals surface area contributed by atoms with Crippen molar-refractivity contribution in [3.05, 3.63) is 53.6 Å². The van der Waals surface area contributed by atoms with Crippen molar-refractivity contribution >= 4 is 11.7 Å². The molecule has 134 valence electrons. The Morgan fingerprint density at radius 2 is 1.88 bits per heavy atom. The first-order valence-electron chi connectivity index (χ1n) is 8.04. The van der Waals surface area contributed by atoms with Gasteiger partial charge in [-0.25, -0.2) is 4.63 Å². The maximum atomic E-state index is 12.2. The molecule has 0 bridgehead atoms. The smallest absolute Gasteiger partial charge is 0.263 e. The topological polar surface area (TPSA) is 86.5 Å². The second-order valence-electron chi connectivity index (χ2n) is 5.72. The lowest BCUT2D eigenvalue weighted by molar-refractivity contribution is -0.118. The van der Waals surface area contributed by atoms with Gasteiger partial charge < -0.3 is 14.8 Å². The molecule has 0 radical (unpaired) electrons. The van der Waals surface area contributed by atoms with Gasteiger partial charge >= 0.3 is 0 Å². The van der Waals surface area contributed by atoms with Gasteiger partial charge in [0.1, 0.15) is 11.5 Å². The van der Waals surface area contributed by atoms with Crippen molar-refractivity contribution in [2.24, 2.45) is 0 Å². The van der Waals surface area contributed by atoms with Crippen LogP contribution in [0, 0.1) is 13.8 Å². The Kier molecular flexibility index (Phi) is 5.17. The van der Waals surface area contributed by atoms with Crippen LogP contribution in [0.25, 0.3) is 11.3 Å². The van der Waals surface area contributed by atoms with E-state index in [2.05, 4.69) is 15.6 Å². The quantitative estimate of drug-likeness (QED) is 0.731. The SMILES string of the molecule is COc1ccc(-c2nonc2NC(=O)COc2cccc(C)c2C)cc1. The minimum absolute atomic E-state index is 0.140. The van der Waals surface area contributed by atoms with Crippen molar-refractivity contribution < 1.29 is 18.9 Å². The molecule has 1 aromatic heterocycles. The molecule has 26 heavy (non-hydrogen) atoms. The number of aromatic nitrogens is 2. The van der Waals surface area contributed by atoms with Crippen LogP contribution in [0.2, 0.25) is 0 Å². The zero-order valence-corrected chi connectivity index (χ0v) is 14.8.